The van der Waals surface area contributed by atoms with Crippen molar-refractivity contribution in [3.63, 3.8) is 0 Å². The zero-order valence-corrected chi connectivity index (χ0v) is 19.2. The topological polar surface area (TPSA) is 133 Å². The molecule has 3 aromatic rings. The van der Waals surface area contributed by atoms with E-state index in [2.05, 4.69) is 17.3 Å². The van der Waals surface area contributed by atoms with Gasteiger partial charge in [-0.1, -0.05) is 44.4 Å². The highest BCUT2D eigenvalue weighted by molar-refractivity contribution is 6.03. The number of rotatable bonds is 10. The number of aryl methyl sites for hydroxylation is 1. The zero-order chi connectivity index (χ0) is 24.7. The van der Waals surface area contributed by atoms with E-state index in [0.29, 0.717) is 28.6 Å². The number of hydrogen-bond acceptors (Lipinski definition) is 6. The zero-order valence-electron chi connectivity index (χ0n) is 19.2. The van der Waals surface area contributed by atoms with Crippen LogP contribution in [0.25, 0.3) is 10.8 Å². The molecule has 34 heavy (non-hydrogen) atoms. The van der Waals surface area contributed by atoms with E-state index in [1.807, 2.05) is 0 Å². The fourth-order valence-corrected chi connectivity index (χ4v) is 3.46. The van der Waals surface area contributed by atoms with Crippen molar-refractivity contribution in [2.45, 2.75) is 52.2 Å². The number of ether oxygens (including phenoxy) is 1. The number of fused-ring (bicyclic) bond motifs is 1. The number of benzene rings is 2. The Labute approximate surface area is 196 Å². The fourth-order valence-electron chi connectivity index (χ4n) is 3.46. The average Bonchev–Trinajstić information content (AvgIpc) is 2.83. The number of nitrogens with two attached hydrogens (primary N) is 1. The third-order valence-electron chi connectivity index (χ3n) is 5.37. The predicted octanol–water partition coefficient (Wildman–Crippen LogP) is 3.26. The van der Waals surface area contributed by atoms with E-state index < -0.39 is 23.9 Å². The van der Waals surface area contributed by atoms with Crippen LogP contribution in [0.2, 0.25) is 0 Å². The van der Waals surface area contributed by atoms with E-state index in [9.17, 15) is 19.2 Å². The van der Waals surface area contributed by atoms with Crippen LogP contribution in [0.4, 0.5) is 5.69 Å². The summed E-state index contributed by atoms with van der Waals surface area (Å²) < 4.78 is 6.67. The van der Waals surface area contributed by atoms with E-state index in [1.165, 1.54) is 35.9 Å². The number of amides is 2. The number of carbonyl (C=O) groups excluding carboxylic acids is 3. The van der Waals surface area contributed by atoms with E-state index in [0.717, 1.165) is 25.7 Å². The van der Waals surface area contributed by atoms with Gasteiger partial charge in [-0.2, -0.15) is 5.10 Å². The largest absolute Gasteiger partial charge is 0.448 e. The van der Waals surface area contributed by atoms with Crippen molar-refractivity contribution in [2.75, 3.05) is 5.32 Å². The Morgan fingerprint density at radius 1 is 1.03 bits per heavy atom. The lowest BCUT2D eigenvalue weighted by Crippen LogP contribution is -2.32. The van der Waals surface area contributed by atoms with Gasteiger partial charge in [0.25, 0.3) is 11.5 Å². The summed E-state index contributed by atoms with van der Waals surface area (Å²) in [6.45, 7) is 3.93. The maximum Gasteiger partial charge on any atom is 0.360 e. The molecule has 0 radical (unpaired) electrons. The second-order valence-corrected chi connectivity index (χ2v) is 7.96. The molecular formula is C25H28N4O5. The van der Waals surface area contributed by atoms with Crippen LogP contribution in [-0.2, 0) is 16.1 Å². The molecule has 0 saturated carbocycles. The normalized spacial score (nSPS) is 11.7. The van der Waals surface area contributed by atoms with E-state index >= 15 is 0 Å². The molecule has 3 rings (SSSR count). The van der Waals surface area contributed by atoms with Gasteiger partial charge in [-0.3, -0.25) is 14.4 Å². The van der Waals surface area contributed by atoms with Gasteiger partial charge in [0.15, 0.2) is 11.8 Å². The van der Waals surface area contributed by atoms with E-state index in [1.54, 1.807) is 24.3 Å². The van der Waals surface area contributed by atoms with Gasteiger partial charge in [-0.25, -0.2) is 9.48 Å². The summed E-state index contributed by atoms with van der Waals surface area (Å²) in [7, 11) is 0. The minimum absolute atomic E-state index is 0.0175. The van der Waals surface area contributed by atoms with Crippen molar-refractivity contribution < 1.29 is 19.1 Å². The Balaban J connectivity index is 1.77. The lowest BCUT2D eigenvalue weighted by atomic mass is 10.1. The van der Waals surface area contributed by atoms with Gasteiger partial charge in [-0.15, -0.1) is 0 Å². The number of unbranched alkanes of at least 4 members (excludes halogenated alkanes) is 3. The fraction of sp³-hybridized carbons (Fsp3) is 0.320. The summed E-state index contributed by atoms with van der Waals surface area (Å²) in [6.07, 6.45) is 2.70. The van der Waals surface area contributed by atoms with Gasteiger partial charge in [0, 0.05) is 23.2 Å². The molecule has 2 aromatic carbocycles. The van der Waals surface area contributed by atoms with Gasteiger partial charge < -0.3 is 15.8 Å². The summed E-state index contributed by atoms with van der Waals surface area (Å²) in [5, 5.41) is 7.63. The highest BCUT2D eigenvalue weighted by Gasteiger charge is 2.23. The maximum absolute atomic E-state index is 13.0. The molecule has 0 fully saturated rings. The average molecular weight is 465 g/mol. The lowest BCUT2D eigenvalue weighted by molar-refractivity contribution is -0.123. The Morgan fingerprint density at radius 3 is 2.35 bits per heavy atom. The summed E-state index contributed by atoms with van der Waals surface area (Å²) >= 11 is 0. The van der Waals surface area contributed by atoms with Crippen molar-refractivity contribution >= 4 is 34.2 Å². The second-order valence-electron chi connectivity index (χ2n) is 7.96. The first-order chi connectivity index (χ1) is 16.3. The standard InChI is InChI=1S/C25H28N4O5/c1-3-4-5-8-15-29-24(32)20-10-7-6-9-19(20)21(28-29)25(33)34-16(2)23(31)27-18-13-11-17(12-14-18)22(26)30/h6-7,9-14,16H,3-5,8,15H2,1-2H3,(H2,26,30)(H,27,31). The third-order valence-corrected chi connectivity index (χ3v) is 5.37. The van der Waals surface area contributed by atoms with Crippen molar-refractivity contribution in [3.05, 3.63) is 70.1 Å². The van der Waals surface area contributed by atoms with Crippen LogP contribution >= 0.6 is 0 Å². The quantitative estimate of drug-likeness (QED) is 0.349. The molecular weight excluding hydrogens is 436 g/mol. The number of primary amides is 1. The summed E-state index contributed by atoms with van der Waals surface area (Å²) in [5.41, 5.74) is 5.65. The Hall–Kier alpha value is -4.01. The maximum atomic E-state index is 13.0. The highest BCUT2D eigenvalue weighted by Crippen LogP contribution is 2.16. The monoisotopic (exact) mass is 464 g/mol. The Bertz CT molecular complexity index is 1250. The molecule has 0 aliphatic rings. The Kier molecular flexibility index (Phi) is 8.13. The van der Waals surface area contributed by atoms with Crippen LogP contribution in [0.5, 0.6) is 0 Å². The van der Waals surface area contributed by atoms with E-state index in [-0.39, 0.29) is 11.3 Å². The van der Waals surface area contributed by atoms with Crippen LogP contribution in [0.15, 0.2) is 53.3 Å². The van der Waals surface area contributed by atoms with Crippen LogP contribution in [0.1, 0.15) is 60.4 Å². The molecule has 0 bridgehead atoms. The summed E-state index contributed by atoms with van der Waals surface area (Å²) in [5.74, 6) is -1.94. The number of nitrogens with one attached hydrogen (secondary N) is 1. The number of anilines is 1. The van der Waals surface area contributed by atoms with Gasteiger partial charge in [-0.05, 0) is 43.7 Å². The number of nitrogens with zero attached hydrogens (tertiary/aromatic N) is 2. The van der Waals surface area contributed by atoms with Crippen LogP contribution in [0, 0.1) is 0 Å². The summed E-state index contributed by atoms with van der Waals surface area (Å²) in [6, 6.07) is 12.7. The first kappa shape index (κ1) is 24.6. The molecule has 0 spiro atoms. The first-order valence-corrected chi connectivity index (χ1v) is 11.2. The molecule has 0 aliphatic heterocycles. The molecule has 1 heterocycles. The van der Waals surface area contributed by atoms with Crippen molar-refractivity contribution in [1.82, 2.24) is 9.78 Å². The smallest absolute Gasteiger partial charge is 0.360 e. The molecule has 0 aliphatic carbocycles. The van der Waals surface area contributed by atoms with Gasteiger partial charge >= 0.3 is 5.97 Å². The molecule has 2 amide bonds. The molecule has 0 saturated heterocycles. The number of esters is 1. The van der Waals surface area contributed by atoms with Crippen LogP contribution < -0.4 is 16.6 Å². The Morgan fingerprint density at radius 2 is 1.71 bits per heavy atom. The second kappa shape index (κ2) is 11.2. The van der Waals surface area contributed by atoms with Gasteiger partial charge in [0.1, 0.15) is 0 Å². The summed E-state index contributed by atoms with van der Waals surface area (Å²) in [4.78, 5) is 49.5. The van der Waals surface area contributed by atoms with Crippen molar-refractivity contribution in [1.29, 1.82) is 0 Å². The van der Waals surface area contributed by atoms with Crippen molar-refractivity contribution in [2.24, 2.45) is 5.73 Å². The van der Waals surface area contributed by atoms with Crippen LogP contribution in [-0.4, -0.2) is 33.7 Å². The van der Waals surface area contributed by atoms with Crippen molar-refractivity contribution in [3.8, 4) is 0 Å². The molecule has 9 heteroatoms. The lowest BCUT2D eigenvalue weighted by Gasteiger charge is -2.15. The van der Waals surface area contributed by atoms with E-state index in [4.69, 9.17) is 10.5 Å². The molecule has 1 atom stereocenters. The van der Waals surface area contributed by atoms with Gasteiger partial charge in [0.2, 0.25) is 5.91 Å². The molecule has 9 nitrogen and oxygen atoms in total. The van der Waals surface area contributed by atoms with Crippen LogP contribution in [0.3, 0.4) is 0 Å². The number of aromatic nitrogens is 2. The first-order valence-electron chi connectivity index (χ1n) is 11.2. The number of hydrogen-bond donors (Lipinski definition) is 2. The number of carbonyl (C=O) groups is 3. The minimum atomic E-state index is -1.13. The third kappa shape index (κ3) is 5.86. The minimum Gasteiger partial charge on any atom is -0.448 e. The highest BCUT2D eigenvalue weighted by atomic mass is 16.5. The molecule has 178 valence electrons. The molecule has 1 unspecified atom stereocenters. The SMILES string of the molecule is CCCCCCn1nc(C(=O)OC(C)C(=O)Nc2ccc(C(N)=O)cc2)c2ccccc2c1=O. The van der Waals surface area contributed by atoms with Gasteiger partial charge in [0.05, 0.1) is 5.39 Å². The molecule has 3 N–H and O–H groups in total. The predicted molar refractivity (Wildman–Crippen MR) is 129 cm³/mol. The molecule has 1 aromatic heterocycles.